The lowest BCUT2D eigenvalue weighted by molar-refractivity contribution is -0.143. The molecule has 1 saturated carbocycles. The van der Waals surface area contributed by atoms with Crippen LogP contribution in [0.4, 0.5) is 0 Å². The first-order chi connectivity index (χ1) is 11.2. The van der Waals surface area contributed by atoms with Crippen molar-refractivity contribution in [2.24, 2.45) is 10.4 Å². The van der Waals surface area contributed by atoms with Crippen molar-refractivity contribution in [3.8, 4) is 0 Å². The molecule has 1 fully saturated rings. The van der Waals surface area contributed by atoms with Crippen molar-refractivity contribution in [3.63, 3.8) is 0 Å². The molecular formula is C17H34IN3O3. The van der Waals surface area contributed by atoms with Crippen molar-refractivity contribution in [1.29, 1.82) is 0 Å². The lowest BCUT2D eigenvalue weighted by atomic mass is 9.67. The Hall–Kier alpha value is -0.570. The van der Waals surface area contributed by atoms with E-state index in [0.29, 0.717) is 18.4 Å². The van der Waals surface area contributed by atoms with Gasteiger partial charge in [0.2, 0.25) is 0 Å². The molecule has 0 saturated heterocycles. The van der Waals surface area contributed by atoms with Gasteiger partial charge in [0.25, 0.3) is 0 Å². The molecule has 0 aromatic heterocycles. The average Bonchev–Trinajstić information content (AvgIpc) is 2.50. The Morgan fingerprint density at radius 3 is 2.54 bits per heavy atom. The van der Waals surface area contributed by atoms with Crippen LogP contribution < -0.4 is 10.6 Å². The number of hydrogen-bond donors (Lipinski definition) is 2. The molecule has 1 aliphatic carbocycles. The largest absolute Gasteiger partial charge is 0.466 e. The highest BCUT2D eigenvalue weighted by molar-refractivity contribution is 14.0. The minimum Gasteiger partial charge on any atom is -0.466 e. The van der Waals surface area contributed by atoms with Gasteiger partial charge in [0.15, 0.2) is 5.96 Å². The summed E-state index contributed by atoms with van der Waals surface area (Å²) in [5, 5.41) is 6.56. The van der Waals surface area contributed by atoms with E-state index in [4.69, 9.17) is 14.5 Å². The number of nitrogens with zero attached hydrogens (tertiary/aromatic N) is 1. The van der Waals surface area contributed by atoms with Gasteiger partial charge in [-0.2, -0.15) is 0 Å². The third-order valence-corrected chi connectivity index (χ3v) is 4.32. The van der Waals surface area contributed by atoms with Gasteiger partial charge >= 0.3 is 5.97 Å². The Morgan fingerprint density at radius 2 is 2.00 bits per heavy atom. The highest BCUT2D eigenvalue weighted by Crippen LogP contribution is 2.44. The molecule has 0 aromatic carbocycles. The zero-order valence-electron chi connectivity index (χ0n) is 15.4. The monoisotopic (exact) mass is 455 g/mol. The van der Waals surface area contributed by atoms with Crippen molar-refractivity contribution in [3.05, 3.63) is 0 Å². The number of nitrogens with one attached hydrogen (secondary N) is 2. The number of esters is 1. The van der Waals surface area contributed by atoms with Gasteiger partial charge in [-0.3, -0.25) is 9.79 Å². The fourth-order valence-electron chi connectivity index (χ4n) is 2.74. The van der Waals surface area contributed by atoms with E-state index >= 15 is 0 Å². The number of rotatable bonds is 11. The normalized spacial score (nSPS) is 15.9. The number of hydrogen-bond acceptors (Lipinski definition) is 4. The maximum atomic E-state index is 11.3. The fourth-order valence-corrected chi connectivity index (χ4v) is 2.74. The number of halogens is 1. The summed E-state index contributed by atoms with van der Waals surface area (Å²) in [6.07, 6.45) is 6.04. The van der Waals surface area contributed by atoms with E-state index in [2.05, 4.69) is 17.6 Å². The van der Waals surface area contributed by atoms with Gasteiger partial charge in [-0.05, 0) is 44.9 Å². The smallest absolute Gasteiger partial charge is 0.305 e. The quantitative estimate of drug-likeness (QED) is 0.165. The van der Waals surface area contributed by atoms with Gasteiger partial charge in [0.05, 0.1) is 6.61 Å². The van der Waals surface area contributed by atoms with Crippen LogP contribution in [-0.4, -0.2) is 51.9 Å². The molecule has 2 N–H and O–H groups in total. The van der Waals surface area contributed by atoms with Crippen LogP contribution in [0, 0.1) is 5.41 Å². The summed E-state index contributed by atoms with van der Waals surface area (Å²) in [5.74, 6) is 0.698. The van der Waals surface area contributed by atoms with Gasteiger partial charge in [0.1, 0.15) is 0 Å². The molecule has 6 nitrogen and oxygen atoms in total. The summed E-state index contributed by atoms with van der Waals surface area (Å²) < 4.78 is 10.1. The molecule has 142 valence electrons. The first-order valence-electron chi connectivity index (χ1n) is 8.82. The summed E-state index contributed by atoms with van der Waals surface area (Å²) in [6, 6.07) is 0. The number of guanidine groups is 1. The van der Waals surface area contributed by atoms with E-state index in [9.17, 15) is 4.79 Å². The van der Waals surface area contributed by atoms with Crippen LogP contribution in [0.5, 0.6) is 0 Å². The zero-order valence-corrected chi connectivity index (χ0v) is 17.7. The molecule has 1 aliphatic rings. The molecular weight excluding hydrogens is 421 g/mol. The van der Waals surface area contributed by atoms with Crippen LogP contribution in [0.15, 0.2) is 4.99 Å². The molecule has 0 bridgehead atoms. The number of aliphatic imine (C=N–C) groups is 1. The van der Waals surface area contributed by atoms with Gasteiger partial charge in [-0.1, -0.05) is 6.42 Å². The minimum atomic E-state index is -0.135. The molecule has 0 aromatic rings. The highest BCUT2D eigenvalue weighted by Gasteiger charge is 2.36. The first-order valence-corrected chi connectivity index (χ1v) is 8.82. The van der Waals surface area contributed by atoms with Crippen LogP contribution in [0.3, 0.4) is 0 Å². The van der Waals surface area contributed by atoms with Crippen molar-refractivity contribution in [1.82, 2.24) is 10.6 Å². The van der Waals surface area contributed by atoms with E-state index in [-0.39, 0.29) is 29.9 Å². The van der Waals surface area contributed by atoms with Crippen LogP contribution in [0.2, 0.25) is 0 Å². The van der Waals surface area contributed by atoms with E-state index in [1.54, 1.807) is 7.11 Å². The topological polar surface area (TPSA) is 72.0 Å². The molecule has 7 heteroatoms. The second-order valence-corrected chi connectivity index (χ2v) is 6.13. The Morgan fingerprint density at radius 1 is 1.25 bits per heavy atom. The second kappa shape index (κ2) is 13.7. The molecule has 0 amide bonds. The molecule has 0 unspecified atom stereocenters. The highest BCUT2D eigenvalue weighted by atomic mass is 127. The van der Waals surface area contributed by atoms with E-state index < -0.39 is 0 Å². The molecule has 0 heterocycles. The predicted octanol–water partition coefficient (Wildman–Crippen LogP) is 2.71. The number of carbonyl (C=O) groups excluding carboxylic acids is 1. The molecule has 0 spiro atoms. The van der Waals surface area contributed by atoms with E-state index in [1.165, 1.54) is 19.3 Å². The molecule has 0 aliphatic heterocycles. The minimum absolute atomic E-state index is 0. The Kier molecular flexibility index (Phi) is 13.4. The first kappa shape index (κ1) is 23.4. The predicted molar refractivity (Wildman–Crippen MR) is 108 cm³/mol. The molecule has 24 heavy (non-hydrogen) atoms. The van der Waals surface area contributed by atoms with E-state index in [1.807, 2.05) is 6.92 Å². The van der Waals surface area contributed by atoms with Gasteiger partial charge < -0.3 is 20.1 Å². The van der Waals surface area contributed by atoms with Crippen LogP contribution in [0.25, 0.3) is 0 Å². The zero-order chi connectivity index (χ0) is 17.0. The molecule has 0 radical (unpaired) electrons. The Balaban J connectivity index is 0.00000529. The van der Waals surface area contributed by atoms with Crippen molar-refractivity contribution in [2.45, 2.75) is 52.4 Å². The van der Waals surface area contributed by atoms with Crippen LogP contribution >= 0.6 is 24.0 Å². The summed E-state index contributed by atoms with van der Waals surface area (Å²) in [6.45, 7) is 7.51. The summed E-state index contributed by atoms with van der Waals surface area (Å²) in [7, 11) is 1.75. The lowest BCUT2D eigenvalue weighted by Gasteiger charge is -2.40. The third kappa shape index (κ3) is 9.05. The molecule has 1 rings (SSSR count). The number of ether oxygens (including phenoxy) is 2. The maximum Gasteiger partial charge on any atom is 0.305 e. The van der Waals surface area contributed by atoms with Crippen molar-refractivity contribution in [2.75, 3.05) is 40.0 Å². The molecule has 0 atom stereocenters. The summed E-state index contributed by atoms with van der Waals surface area (Å²) in [4.78, 5) is 16.0. The van der Waals surface area contributed by atoms with Gasteiger partial charge in [-0.25, -0.2) is 0 Å². The average molecular weight is 455 g/mol. The van der Waals surface area contributed by atoms with Crippen LogP contribution in [-0.2, 0) is 14.3 Å². The summed E-state index contributed by atoms with van der Waals surface area (Å²) in [5.41, 5.74) is 0.323. The second-order valence-electron chi connectivity index (χ2n) is 6.13. The number of carbonyl (C=O) groups is 1. The lowest BCUT2D eigenvalue weighted by Crippen LogP contribution is -2.40. The van der Waals surface area contributed by atoms with Gasteiger partial charge in [0, 0.05) is 39.8 Å². The van der Waals surface area contributed by atoms with Gasteiger partial charge in [-0.15, -0.1) is 24.0 Å². The summed E-state index contributed by atoms with van der Waals surface area (Å²) >= 11 is 0. The SMILES string of the molecule is CCNC(=NCC1(CCOC)CCC1)NCCCC(=O)OCC.I. The Bertz CT molecular complexity index is 374. The van der Waals surface area contributed by atoms with Crippen LogP contribution in [0.1, 0.15) is 52.4 Å². The standard InChI is InChI=1S/C17H33N3O3.HI/c1-4-18-16(19-12-6-8-15(21)23-5-2)20-14-17(9-7-10-17)11-13-22-3;/h4-14H2,1-3H3,(H2,18,19,20);1H. The third-order valence-electron chi connectivity index (χ3n) is 4.32. The van der Waals surface area contributed by atoms with E-state index in [0.717, 1.165) is 45.0 Å². The fraction of sp³-hybridized carbons (Fsp3) is 0.882. The van der Waals surface area contributed by atoms with Crippen molar-refractivity contribution < 1.29 is 14.3 Å². The number of methoxy groups -OCH3 is 1. The Labute approximate surface area is 163 Å². The van der Waals surface area contributed by atoms with Crippen molar-refractivity contribution >= 4 is 35.9 Å². The maximum absolute atomic E-state index is 11.3.